The van der Waals surface area contributed by atoms with E-state index < -0.39 is 11.7 Å². The van der Waals surface area contributed by atoms with Crippen molar-refractivity contribution in [3.63, 3.8) is 0 Å². The van der Waals surface area contributed by atoms with E-state index >= 15 is 0 Å². The maximum absolute atomic E-state index is 11.8. The molecule has 0 radical (unpaired) electrons. The highest BCUT2D eigenvalue weighted by Crippen LogP contribution is 2.13. The van der Waals surface area contributed by atoms with E-state index in [0.29, 0.717) is 23.7 Å². The van der Waals surface area contributed by atoms with Crippen LogP contribution in [0.2, 0.25) is 0 Å². The summed E-state index contributed by atoms with van der Waals surface area (Å²) in [7, 11) is 0. The van der Waals surface area contributed by atoms with Crippen molar-refractivity contribution in [1.29, 1.82) is 0 Å². The zero-order chi connectivity index (χ0) is 16.0. The third-order valence-corrected chi connectivity index (χ3v) is 2.46. The molecule has 0 aliphatic heterocycles. The van der Waals surface area contributed by atoms with E-state index in [4.69, 9.17) is 4.74 Å². The maximum atomic E-state index is 11.8. The van der Waals surface area contributed by atoms with Crippen molar-refractivity contribution < 1.29 is 14.3 Å². The second-order valence-corrected chi connectivity index (χ2v) is 6.31. The summed E-state index contributed by atoms with van der Waals surface area (Å²) in [5.41, 5.74) is 0.607. The van der Waals surface area contributed by atoms with Crippen LogP contribution in [0.25, 0.3) is 0 Å². The first-order valence-corrected chi connectivity index (χ1v) is 7.05. The van der Waals surface area contributed by atoms with E-state index in [2.05, 4.69) is 10.6 Å². The molecule has 1 aromatic rings. The Kier molecular flexibility index (Phi) is 5.76. The smallest absolute Gasteiger partial charge is 0.412 e. The fourth-order valence-corrected chi connectivity index (χ4v) is 1.53. The molecule has 21 heavy (non-hydrogen) atoms. The molecule has 0 fully saturated rings. The third-order valence-electron chi connectivity index (χ3n) is 2.46. The number of amides is 2. The van der Waals surface area contributed by atoms with E-state index in [1.807, 2.05) is 13.8 Å². The quantitative estimate of drug-likeness (QED) is 0.893. The van der Waals surface area contributed by atoms with Crippen molar-refractivity contribution >= 4 is 17.7 Å². The summed E-state index contributed by atoms with van der Waals surface area (Å²) in [5, 5.41) is 5.46. The van der Waals surface area contributed by atoms with Crippen molar-refractivity contribution in [2.24, 2.45) is 5.92 Å². The molecule has 0 spiro atoms. The van der Waals surface area contributed by atoms with Crippen molar-refractivity contribution in [2.45, 2.75) is 40.2 Å². The van der Waals surface area contributed by atoms with Gasteiger partial charge in [-0.1, -0.05) is 13.8 Å². The Morgan fingerprint density at radius 2 is 1.71 bits per heavy atom. The minimum atomic E-state index is -0.541. The van der Waals surface area contributed by atoms with Crippen LogP contribution in [0.15, 0.2) is 24.3 Å². The fraction of sp³-hybridized carbons (Fsp3) is 0.500. The van der Waals surface area contributed by atoms with Crippen LogP contribution in [0.5, 0.6) is 0 Å². The second kappa shape index (κ2) is 7.11. The Bertz CT molecular complexity index is 487. The first-order valence-electron chi connectivity index (χ1n) is 7.05. The molecule has 0 saturated heterocycles. The molecule has 1 rings (SSSR count). The predicted molar refractivity (Wildman–Crippen MR) is 83.5 cm³/mol. The highest BCUT2D eigenvalue weighted by Gasteiger charge is 2.16. The summed E-state index contributed by atoms with van der Waals surface area (Å²) >= 11 is 0. The van der Waals surface area contributed by atoms with E-state index in [9.17, 15) is 9.59 Å². The molecular formula is C16H24N2O3. The molecule has 0 atom stereocenters. The van der Waals surface area contributed by atoms with Gasteiger partial charge in [0.25, 0.3) is 5.91 Å². The minimum Gasteiger partial charge on any atom is -0.444 e. The molecule has 116 valence electrons. The minimum absolute atomic E-state index is 0.118. The number of hydrogen-bond donors (Lipinski definition) is 2. The molecule has 5 nitrogen and oxygen atoms in total. The third kappa shape index (κ3) is 6.79. The lowest BCUT2D eigenvalue weighted by atomic mass is 10.1. The van der Waals surface area contributed by atoms with Gasteiger partial charge in [-0.3, -0.25) is 10.1 Å². The van der Waals surface area contributed by atoms with Crippen LogP contribution in [0.4, 0.5) is 10.5 Å². The van der Waals surface area contributed by atoms with Gasteiger partial charge in [0.15, 0.2) is 0 Å². The molecule has 5 heteroatoms. The molecule has 0 saturated carbocycles. The van der Waals surface area contributed by atoms with Crippen molar-refractivity contribution in [3.05, 3.63) is 29.8 Å². The summed E-state index contributed by atoms with van der Waals surface area (Å²) in [6, 6.07) is 6.69. The molecule has 0 bridgehead atoms. The van der Waals surface area contributed by atoms with Gasteiger partial charge in [-0.2, -0.15) is 0 Å². The Morgan fingerprint density at radius 1 is 1.14 bits per heavy atom. The Morgan fingerprint density at radius 3 is 2.19 bits per heavy atom. The van der Waals surface area contributed by atoms with Crippen molar-refractivity contribution in [2.75, 3.05) is 11.9 Å². The van der Waals surface area contributed by atoms with Gasteiger partial charge in [0.2, 0.25) is 0 Å². The fourth-order valence-electron chi connectivity index (χ4n) is 1.53. The monoisotopic (exact) mass is 292 g/mol. The lowest BCUT2D eigenvalue weighted by molar-refractivity contribution is 0.0636. The van der Waals surface area contributed by atoms with Gasteiger partial charge in [-0.15, -0.1) is 0 Å². The number of rotatable bonds is 4. The van der Waals surface area contributed by atoms with Gasteiger partial charge in [0, 0.05) is 17.8 Å². The van der Waals surface area contributed by atoms with Gasteiger partial charge in [-0.25, -0.2) is 4.79 Å². The summed E-state index contributed by atoms with van der Waals surface area (Å²) in [5.74, 6) is 0.287. The van der Waals surface area contributed by atoms with Crippen LogP contribution in [0.3, 0.4) is 0 Å². The molecule has 0 aliphatic carbocycles. The number of nitrogens with one attached hydrogen (secondary N) is 2. The van der Waals surface area contributed by atoms with Crippen LogP contribution >= 0.6 is 0 Å². The normalized spacial score (nSPS) is 11.1. The molecule has 0 unspecified atom stereocenters. The highest BCUT2D eigenvalue weighted by atomic mass is 16.6. The molecule has 2 amide bonds. The Hall–Kier alpha value is -2.04. The highest BCUT2D eigenvalue weighted by molar-refractivity contribution is 5.95. The number of carbonyl (C=O) groups is 2. The zero-order valence-electron chi connectivity index (χ0n) is 13.3. The van der Waals surface area contributed by atoms with Crippen LogP contribution in [0, 0.1) is 5.92 Å². The van der Waals surface area contributed by atoms with Gasteiger partial charge < -0.3 is 10.1 Å². The van der Waals surface area contributed by atoms with E-state index in [0.717, 1.165) is 0 Å². The van der Waals surface area contributed by atoms with Crippen LogP contribution < -0.4 is 10.6 Å². The Balaban J connectivity index is 2.58. The largest absolute Gasteiger partial charge is 0.444 e. The topological polar surface area (TPSA) is 67.4 Å². The first kappa shape index (κ1) is 17.0. The van der Waals surface area contributed by atoms with E-state index in [1.165, 1.54) is 0 Å². The maximum Gasteiger partial charge on any atom is 0.412 e. The van der Waals surface area contributed by atoms with Crippen molar-refractivity contribution in [3.8, 4) is 0 Å². The molecule has 1 aromatic carbocycles. The van der Waals surface area contributed by atoms with E-state index in [1.54, 1.807) is 45.0 Å². The zero-order valence-corrected chi connectivity index (χ0v) is 13.3. The van der Waals surface area contributed by atoms with Gasteiger partial charge in [0.05, 0.1) is 0 Å². The van der Waals surface area contributed by atoms with Crippen molar-refractivity contribution in [1.82, 2.24) is 5.32 Å². The average molecular weight is 292 g/mol. The van der Waals surface area contributed by atoms with Gasteiger partial charge in [0.1, 0.15) is 5.60 Å². The molecular weight excluding hydrogens is 268 g/mol. The van der Waals surface area contributed by atoms with Crippen LogP contribution in [0.1, 0.15) is 45.0 Å². The second-order valence-electron chi connectivity index (χ2n) is 6.31. The Labute approximate surface area is 126 Å². The van der Waals surface area contributed by atoms with Gasteiger partial charge in [-0.05, 0) is 51.0 Å². The summed E-state index contributed by atoms with van der Waals surface area (Å²) in [6.07, 6.45) is -0.514. The summed E-state index contributed by atoms with van der Waals surface area (Å²) in [4.78, 5) is 23.5. The standard InChI is InChI=1S/C16H24N2O3/c1-11(2)10-17-14(19)12-6-8-13(9-7-12)18-15(20)21-16(3,4)5/h6-9,11H,10H2,1-5H3,(H,17,19)(H,18,20). The predicted octanol–water partition coefficient (Wildman–Crippen LogP) is 3.42. The molecule has 2 N–H and O–H groups in total. The number of carbonyl (C=O) groups excluding carboxylic acids is 2. The van der Waals surface area contributed by atoms with Crippen LogP contribution in [-0.4, -0.2) is 24.1 Å². The molecule has 0 aliphatic rings. The summed E-state index contributed by atoms with van der Waals surface area (Å²) < 4.78 is 5.15. The lowest BCUT2D eigenvalue weighted by Gasteiger charge is -2.19. The van der Waals surface area contributed by atoms with Gasteiger partial charge >= 0.3 is 6.09 Å². The van der Waals surface area contributed by atoms with Crippen LogP contribution in [-0.2, 0) is 4.74 Å². The number of anilines is 1. The number of ether oxygens (including phenoxy) is 1. The molecule has 0 aromatic heterocycles. The average Bonchev–Trinajstić information content (AvgIpc) is 2.34. The lowest BCUT2D eigenvalue weighted by Crippen LogP contribution is -2.28. The molecule has 0 heterocycles. The number of hydrogen-bond acceptors (Lipinski definition) is 3. The number of benzene rings is 1. The SMILES string of the molecule is CC(C)CNC(=O)c1ccc(NC(=O)OC(C)(C)C)cc1. The first-order chi connectivity index (χ1) is 9.67. The van der Waals surface area contributed by atoms with E-state index in [-0.39, 0.29) is 5.91 Å². The summed E-state index contributed by atoms with van der Waals surface area (Å²) in [6.45, 7) is 10.1.